The number of carbonyl (C=O) groups is 5. The van der Waals surface area contributed by atoms with Gasteiger partial charge in [-0.1, -0.05) is 13.8 Å². The van der Waals surface area contributed by atoms with E-state index in [0.29, 0.717) is 5.75 Å². The van der Waals surface area contributed by atoms with E-state index in [1.807, 2.05) is 0 Å². The molecule has 0 aliphatic carbocycles. The van der Waals surface area contributed by atoms with Gasteiger partial charge >= 0.3 is 11.9 Å². The summed E-state index contributed by atoms with van der Waals surface area (Å²) >= 11 is 1.38. The van der Waals surface area contributed by atoms with Crippen LogP contribution in [0.2, 0.25) is 0 Å². The minimum atomic E-state index is -1.57. The predicted octanol–water partition coefficient (Wildman–Crippen LogP) is -1.88. The highest BCUT2D eigenvalue weighted by Gasteiger charge is 2.33. The van der Waals surface area contributed by atoms with Crippen molar-refractivity contribution in [2.24, 2.45) is 11.7 Å². The quantitative estimate of drug-likeness (QED) is 0.152. The van der Waals surface area contributed by atoms with Gasteiger partial charge in [0, 0.05) is 0 Å². The lowest BCUT2D eigenvalue weighted by Gasteiger charge is -2.26. The molecule has 0 saturated heterocycles. The number of hydrogen-bond acceptors (Lipinski definition) is 8. The van der Waals surface area contributed by atoms with Crippen LogP contribution in [0.25, 0.3) is 0 Å². The van der Waals surface area contributed by atoms with E-state index in [0.717, 1.165) is 0 Å². The van der Waals surface area contributed by atoms with Gasteiger partial charge in [0.15, 0.2) is 0 Å². The van der Waals surface area contributed by atoms with Gasteiger partial charge in [0.2, 0.25) is 17.7 Å². The van der Waals surface area contributed by atoms with E-state index in [-0.39, 0.29) is 12.3 Å². The van der Waals surface area contributed by atoms with Crippen LogP contribution in [0.15, 0.2) is 0 Å². The lowest BCUT2D eigenvalue weighted by Crippen LogP contribution is -2.60. The van der Waals surface area contributed by atoms with Gasteiger partial charge < -0.3 is 37.0 Å². The number of amides is 3. The van der Waals surface area contributed by atoms with Crippen molar-refractivity contribution < 1.29 is 39.3 Å². The van der Waals surface area contributed by atoms with E-state index < -0.39 is 66.4 Å². The fourth-order valence-electron chi connectivity index (χ4n) is 2.37. The minimum absolute atomic E-state index is 0.119. The third-order valence-electron chi connectivity index (χ3n) is 4.32. The molecule has 178 valence electrons. The van der Waals surface area contributed by atoms with Crippen molar-refractivity contribution in [3.63, 3.8) is 0 Å². The van der Waals surface area contributed by atoms with Crippen molar-refractivity contribution >= 4 is 41.4 Å². The predicted molar refractivity (Wildman–Crippen MR) is 113 cm³/mol. The van der Waals surface area contributed by atoms with Crippen LogP contribution >= 0.6 is 11.8 Å². The zero-order chi connectivity index (χ0) is 24.3. The van der Waals surface area contributed by atoms with Crippen LogP contribution in [0.1, 0.15) is 33.6 Å². The third-order valence-corrected chi connectivity index (χ3v) is 4.96. The first-order valence-corrected chi connectivity index (χ1v) is 11.0. The number of nitrogens with one attached hydrogen (secondary N) is 3. The molecule has 0 bridgehead atoms. The van der Waals surface area contributed by atoms with Gasteiger partial charge in [-0.05, 0) is 31.3 Å². The maximum absolute atomic E-state index is 12.6. The molecule has 0 aliphatic rings. The van der Waals surface area contributed by atoms with Crippen molar-refractivity contribution in [1.29, 1.82) is 0 Å². The van der Waals surface area contributed by atoms with E-state index in [1.54, 1.807) is 20.1 Å². The molecule has 0 spiro atoms. The molecule has 0 radical (unpaired) electrons. The van der Waals surface area contributed by atoms with Crippen LogP contribution in [0.4, 0.5) is 0 Å². The molecule has 0 saturated carbocycles. The van der Waals surface area contributed by atoms with Crippen LogP contribution in [0.3, 0.4) is 0 Å². The number of nitrogens with two attached hydrogens (primary N) is 1. The second-order valence-electron chi connectivity index (χ2n) is 7.34. The van der Waals surface area contributed by atoms with Gasteiger partial charge in [-0.25, -0.2) is 4.79 Å². The number of carbonyl (C=O) groups excluding carboxylic acids is 3. The lowest BCUT2D eigenvalue weighted by molar-refractivity contribution is -0.144. The Morgan fingerprint density at radius 3 is 1.87 bits per heavy atom. The highest BCUT2D eigenvalue weighted by Crippen LogP contribution is 2.05. The van der Waals surface area contributed by atoms with E-state index in [9.17, 15) is 34.2 Å². The molecule has 0 rings (SSSR count). The van der Waals surface area contributed by atoms with Gasteiger partial charge in [-0.15, -0.1) is 0 Å². The average Bonchev–Trinajstić information content (AvgIpc) is 2.66. The Bertz CT molecular complexity index is 658. The molecule has 3 amide bonds. The fraction of sp³-hybridized carbons (Fsp3) is 0.722. The molecule has 0 aromatic carbocycles. The summed E-state index contributed by atoms with van der Waals surface area (Å²) in [6.07, 6.45) is -0.338. The van der Waals surface area contributed by atoms with Crippen LogP contribution in [-0.4, -0.2) is 87.3 Å². The molecular formula is C18H32N4O8S. The van der Waals surface area contributed by atoms with Crippen molar-refractivity contribution in [1.82, 2.24) is 16.0 Å². The van der Waals surface area contributed by atoms with Gasteiger partial charge in [0.05, 0.1) is 18.6 Å². The molecule has 0 aliphatic heterocycles. The zero-order valence-electron chi connectivity index (χ0n) is 18.0. The average molecular weight is 465 g/mol. The largest absolute Gasteiger partial charge is 0.481 e. The number of thioether (sulfide) groups is 1. The number of aliphatic hydroxyl groups is 1. The zero-order valence-corrected chi connectivity index (χ0v) is 18.8. The number of aliphatic carboxylic acids is 2. The molecule has 13 heteroatoms. The summed E-state index contributed by atoms with van der Waals surface area (Å²) in [4.78, 5) is 59.7. The lowest BCUT2D eigenvalue weighted by atomic mass is 10.0. The van der Waals surface area contributed by atoms with Crippen LogP contribution < -0.4 is 21.7 Å². The van der Waals surface area contributed by atoms with E-state index in [2.05, 4.69) is 16.0 Å². The second-order valence-corrected chi connectivity index (χ2v) is 8.32. The molecule has 31 heavy (non-hydrogen) atoms. The summed E-state index contributed by atoms with van der Waals surface area (Å²) in [6, 6.07) is -5.37. The number of aliphatic hydroxyl groups excluding tert-OH is 1. The molecule has 0 aromatic rings. The Hall–Kier alpha value is -2.38. The summed E-state index contributed by atoms with van der Waals surface area (Å²) in [7, 11) is 0. The normalized spacial score (nSPS) is 15.8. The van der Waals surface area contributed by atoms with Crippen molar-refractivity contribution in [2.45, 2.75) is 63.9 Å². The highest BCUT2D eigenvalue weighted by atomic mass is 32.2. The fourth-order valence-corrected chi connectivity index (χ4v) is 2.84. The smallest absolute Gasteiger partial charge is 0.326 e. The minimum Gasteiger partial charge on any atom is -0.481 e. The molecule has 5 atom stereocenters. The maximum Gasteiger partial charge on any atom is 0.326 e. The first kappa shape index (κ1) is 28.6. The first-order chi connectivity index (χ1) is 14.3. The van der Waals surface area contributed by atoms with Gasteiger partial charge in [-0.3, -0.25) is 19.2 Å². The van der Waals surface area contributed by atoms with E-state index >= 15 is 0 Å². The van der Waals surface area contributed by atoms with Crippen LogP contribution in [0, 0.1) is 5.92 Å². The Balaban J connectivity index is 5.41. The number of carboxylic acid groups (broad SMARTS) is 2. The van der Waals surface area contributed by atoms with Gasteiger partial charge in [0.25, 0.3) is 0 Å². The molecule has 12 nitrogen and oxygen atoms in total. The van der Waals surface area contributed by atoms with Crippen molar-refractivity contribution in [2.75, 3.05) is 12.0 Å². The Morgan fingerprint density at radius 1 is 0.903 bits per heavy atom. The van der Waals surface area contributed by atoms with E-state index in [1.165, 1.54) is 18.7 Å². The first-order valence-electron chi connectivity index (χ1n) is 9.60. The number of hydrogen-bond donors (Lipinski definition) is 7. The Labute approximate surface area is 184 Å². The second kappa shape index (κ2) is 13.8. The molecule has 0 heterocycles. The van der Waals surface area contributed by atoms with Crippen molar-refractivity contribution in [3.8, 4) is 0 Å². The molecule has 0 aromatic heterocycles. The maximum atomic E-state index is 12.6. The molecule has 8 N–H and O–H groups in total. The molecule has 0 fully saturated rings. The number of carboxylic acids is 2. The van der Waals surface area contributed by atoms with Crippen molar-refractivity contribution in [3.05, 3.63) is 0 Å². The topological polar surface area (TPSA) is 208 Å². The summed E-state index contributed by atoms with van der Waals surface area (Å²) in [5.74, 6) is -5.25. The van der Waals surface area contributed by atoms with Gasteiger partial charge in [-0.2, -0.15) is 11.8 Å². The summed E-state index contributed by atoms with van der Waals surface area (Å²) < 4.78 is 0. The molecular weight excluding hydrogens is 432 g/mol. The summed E-state index contributed by atoms with van der Waals surface area (Å²) in [5.41, 5.74) is 5.71. The summed E-state index contributed by atoms with van der Waals surface area (Å²) in [6.45, 7) is 4.53. The Morgan fingerprint density at radius 2 is 1.45 bits per heavy atom. The third kappa shape index (κ3) is 10.5. The van der Waals surface area contributed by atoms with Crippen LogP contribution in [-0.2, 0) is 24.0 Å². The van der Waals surface area contributed by atoms with Crippen LogP contribution in [0.5, 0.6) is 0 Å². The van der Waals surface area contributed by atoms with Gasteiger partial charge in [0.1, 0.15) is 18.1 Å². The monoisotopic (exact) mass is 464 g/mol. The SMILES string of the molecule is CSCCC(NC(=O)C(NC(=O)C(CC(=O)O)NC(=O)C(N)C(C)C)C(C)O)C(=O)O. The number of rotatable bonds is 14. The summed E-state index contributed by atoms with van der Waals surface area (Å²) in [5, 5.41) is 34.9. The van der Waals surface area contributed by atoms with E-state index in [4.69, 9.17) is 10.8 Å². The highest BCUT2D eigenvalue weighted by molar-refractivity contribution is 7.98. The Kier molecular flexibility index (Phi) is 12.8. The standard InChI is InChI=1S/C18H32N4O8S/c1-8(2)13(19)16(27)21-11(7-12(24)25)15(26)22-14(9(3)23)17(28)20-10(18(29)30)5-6-31-4/h8-11,13-14,23H,5-7,19H2,1-4H3,(H,20,28)(H,21,27)(H,22,26)(H,24,25)(H,29,30). The molecule has 5 unspecified atom stereocenters.